The minimum Gasteiger partial charge on any atom is -0.349 e. The number of nitrogens with one attached hydrogen (secondary N) is 2. The van der Waals surface area contributed by atoms with Gasteiger partial charge in [-0.2, -0.15) is 0 Å². The molecule has 0 bridgehead atoms. The summed E-state index contributed by atoms with van der Waals surface area (Å²) in [5, 5.41) is 5.79. The van der Waals surface area contributed by atoms with Gasteiger partial charge in [0.2, 0.25) is 5.91 Å². The third-order valence-electron chi connectivity index (χ3n) is 4.02. The van der Waals surface area contributed by atoms with Gasteiger partial charge in [-0.15, -0.1) is 0 Å². The molecule has 1 aromatic carbocycles. The molecule has 0 saturated heterocycles. The van der Waals surface area contributed by atoms with Gasteiger partial charge >= 0.3 is 0 Å². The van der Waals surface area contributed by atoms with Gasteiger partial charge in [0.1, 0.15) is 0 Å². The van der Waals surface area contributed by atoms with E-state index in [1.807, 2.05) is 0 Å². The molecule has 20 heavy (non-hydrogen) atoms. The third kappa shape index (κ3) is 2.67. The Kier molecular flexibility index (Phi) is 3.22. The summed E-state index contributed by atoms with van der Waals surface area (Å²) in [6, 6.07) is 7.36. The molecule has 1 aromatic rings. The van der Waals surface area contributed by atoms with E-state index < -0.39 is 0 Å². The number of carbonyl (C=O) groups is 2. The maximum Gasteiger partial charge on any atom is 0.251 e. The van der Waals surface area contributed by atoms with Crippen LogP contribution >= 0.6 is 0 Å². The maximum absolute atomic E-state index is 12.1. The Labute approximate surface area is 117 Å². The summed E-state index contributed by atoms with van der Waals surface area (Å²) in [7, 11) is 0. The number of carbonyl (C=O) groups excluding carboxylic acids is 2. The predicted molar refractivity (Wildman–Crippen MR) is 76.3 cm³/mol. The fourth-order valence-electron chi connectivity index (χ4n) is 2.17. The number of hydrogen-bond donors (Lipinski definition) is 3. The summed E-state index contributed by atoms with van der Waals surface area (Å²) >= 11 is 0. The molecule has 0 radical (unpaired) electrons. The van der Waals surface area contributed by atoms with Gasteiger partial charge < -0.3 is 16.4 Å². The van der Waals surface area contributed by atoms with Crippen molar-refractivity contribution in [1.82, 2.24) is 5.32 Å². The first-order chi connectivity index (χ1) is 9.63. The Bertz CT molecular complexity index is 548. The second-order valence-electron chi connectivity index (χ2n) is 5.77. The van der Waals surface area contributed by atoms with Crippen LogP contribution in [0.1, 0.15) is 36.0 Å². The van der Waals surface area contributed by atoms with E-state index >= 15 is 0 Å². The van der Waals surface area contributed by atoms with Crippen molar-refractivity contribution < 1.29 is 9.59 Å². The number of benzene rings is 1. The molecule has 3 rings (SSSR count). The lowest BCUT2D eigenvalue weighted by Gasteiger charge is -2.13. The van der Waals surface area contributed by atoms with Gasteiger partial charge in [-0.25, -0.2) is 0 Å². The number of hydrogen-bond acceptors (Lipinski definition) is 3. The molecule has 4 N–H and O–H groups in total. The van der Waals surface area contributed by atoms with Crippen LogP contribution in [0.3, 0.4) is 0 Å². The van der Waals surface area contributed by atoms with Crippen molar-refractivity contribution in [2.45, 2.75) is 31.7 Å². The molecule has 2 fully saturated rings. The molecule has 0 aromatic heterocycles. The van der Waals surface area contributed by atoms with Crippen molar-refractivity contribution in [1.29, 1.82) is 0 Å². The van der Waals surface area contributed by atoms with Crippen LogP contribution in [0, 0.1) is 5.41 Å². The Morgan fingerprint density at radius 1 is 1.30 bits per heavy atom. The zero-order chi connectivity index (χ0) is 14.2. The van der Waals surface area contributed by atoms with E-state index in [-0.39, 0.29) is 17.2 Å². The van der Waals surface area contributed by atoms with Crippen LogP contribution in [0.2, 0.25) is 0 Å². The van der Waals surface area contributed by atoms with Crippen LogP contribution in [-0.2, 0) is 4.79 Å². The van der Waals surface area contributed by atoms with E-state index in [4.69, 9.17) is 5.73 Å². The van der Waals surface area contributed by atoms with Crippen molar-refractivity contribution in [2.24, 2.45) is 11.1 Å². The van der Waals surface area contributed by atoms with Crippen molar-refractivity contribution in [3.05, 3.63) is 29.8 Å². The van der Waals surface area contributed by atoms with Crippen LogP contribution in [0.5, 0.6) is 0 Å². The largest absolute Gasteiger partial charge is 0.349 e. The average Bonchev–Trinajstić information content (AvgIpc) is 3.34. The van der Waals surface area contributed by atoms with E-state index in [2.05, 4.69) is 10.6 Å². The Morgan fingerprint density at radius 2 is 2.05 bits per heavy atom. The standard InChI is InChI=1S/C15H19N3O2/c16-9-15(6-7-15)14(20)18-12-3-1-2-10(8-12)13(19)17-11-4-5-11/h1-3,8,11H,4-7,9,16H2,(H,17,19)(H,18,20). The highest BCUT2D eigenvalue weighted by molar-refractivity contribution is 6.00. The van der Waals surface area contributed by atoms with Crippen molar-refractivity contribution in [3.8, 4) is 0 Å². The van der Waals surface area contributed by atoms with Crippen LogP contribution in [-0.4, -0.2) is 24.4 Å². The monoisotopic (exact) mass is 273 g/mol. The fraction of sp³-hybridized carbons (Fsp3) is 0.467. The highest BCUT2D eigenvalue weighted by Crippen LogP contribution is 2.45. The van der Waals surface area contributed by atoms with E-state index in [1.165, 1.54) is 0 Å². The van der Waals surface area contributed by atoms with Gasteiger partial charge in [-0.1, -0.05) is 6.07 Å². The molecule has 5 nitrogen and oxygen atoms in total. The minimum absolute atomic E-state index is 0.0419. The normalized spacial score (nSPS) is 19.2. The second-order valence-corrected chi connectivity index (χ2v) is 5.77. The van der Waals surface area contributed by atoms with Crippen LogP contribution in [0.15, 0.2) is 24.3 Å². The number of nitrogens with two attached hydrogens (primary N) is 1. The zero-order valence-electron chi connectivity index (χ0n) is 11.3. The quantitative estimate of drug-likeness (QED) is 0.755. The van der Waals surface area contributed by atoms with Crippen LogP contribution in [0.25, 0.3) is 0 Å². The highest BCUT2D eigenvalue weighted by Gasteiger charge is 2.48. The lowest BCUT2D eigenvalue weighted by atomic mass is 10.1. The first-order valence-electron chi connectivity index (χ1n) is 7.05. The van der Waals surface area contributed by atoms with E-state index in [0.717, 1.165) is 25.7 Å². The summed E-state index contributed by atoms with van der Waals surface area (Å²) in [5.41, 5.74) is 6.48. The molecule has 106 valence electrons. The van der Waals surface area contributed by atoms with Gasteiger partial charge in [-0.3, -0.25) is 9.59 Å². The summed E-state index contributed by atoms with van der Waals surface area (Å²) in [4.78, 5) is 24.1. The highest BCUT2D eigenvalue weighted by atomic mass is 16.2. The van der Waals surface area contributed by atoms with Crippen molar-refractivity contribution in [2.75, 3.05) is 11.9 Å². The van der Waals surface area contributed by atoms with Crippen LogP contribution < -0.4 is 16.4 Å². The molecular weight excluding hydrogens is 254 g/mol. The number of amides is 2. The van der Waals surface area contributed by atoms with Gasteiger partial charge in [-0.05, 0) is 43.9 Å². The molecule has 5 heteroatoms. The predicted octanol–water partition coefficient (Wildman–Crippen LogP) is 1.26. The minimum atomic E-state index is -0.383. The average molecular weight is 273 g/mol. The Morgan fingerprint density at radius 3 is 2.65 bits per heavy atom. The molecule has 2 aliphatic carbocycles. The molecule has 2 aliphatic rings. The Hall–Kier alpha value is -1.88. The molecule has 2 saturated carbocycles. The van der Waals surface area contributed by atoms with Crippen LogP contribution in [0.4, 0.5) is 5.69 Å². The Balaban J connectivity index is 1.67. The molecule has 0 aliphatic heterocycles. The molecule has 0 heterocycles. The summed E-state index contributed by atoms with van der Waals surface area (Å²) in [6.45, 7) is 0.376. The molecule has 2 amide bonds. The molecule has 0 atom stereocenters. The zero-order valence-corrected chi connectivity index (χ0v) is 11.3. The maximum atomic E-state index is 12.1. The lowest BCUT2D eigenvalue weighted by Crippen LogP contribution is -2.31. The van der Waals surface area contributed by atoms with Crippen molar-refractivity contribution >= 4 is 17.5 Å². The molecule has 0 unspecified atom stereocenters. The SMILES string of the molecule is NCC1(C(=O)Nc2cccc(C(=O)NC3CC3)c2)CC1. The van der Waals surface area contributed by atoms with E-state index in [0.29, 0.717) is 23.8 Å². The molecular formula is C15H19N3O2. The third-order valence-corrected chi connectivity index (χ3v) is 4.02. The van der Waals surface area contributed by atoms with E-state index in [1.54, 1.807) is 24.3 Å². The van der Waals surface area contributed by atoms with Gasteiger partial charge in [0.05, 0.1) is 5.41 Å². The first-order valence-corrected chi connectivity index (χ1v) is 7.05. The summed E-state index contributed by atoms with van der Waals surface area (Å²) in [6.07, 6.45) is 3.80. The number of rotatable bonds is 5. The lowest BCUT2D eigenvalue weighted by molar-refractivity contribution is -0.120. The van der Waals surface area contributed by atoms with Gasteiger partial charge in [0.25, 0.3) is 5.91 Å². The topological polar surface area (TPSA) is 84.2 Å². The smallest absolute Gasteiger partial charge is 0.251 e. The summed E-state index contributed by atoms with van der Waals surface area (Å²) in [5.74, 6) is -0.122. The summed E-state index contributed by atoms with van der Waals surface area (Å²) < 4.78 is 0. The number of anilines is 1. The first kappa shape index (κ1) is 13.1. The fourth-order valence-corrected chi connectivity index (χ4v) is 2.17. The van der Waals surface area contributed by atoms with Crippen molar-refractivity contribution in [3.63, 3.8) is 0 Å². The second kappa shape index (κ2) is 4.90. The van der Waals surface area contributed by atoms with Gasteiger partial charge in [0.15, 0.2) is 0 Å². The van der Waals surface area contributed by atoms with E-state index in [9.17, 15) is 9.59 Å². The van der Waals surface area contributed by atoms with Gasteiger partial charge in [0, 0.05) is 23.8 Å². The molecule has 0 spiro atoms.